The molecule has 20 heavy (non-hydrogen) atoms. The Bertz CT molecular complexity index is 551. The van der Waals surface area contributed by atoms with Crippen molar-refractivity contribution < 1.29 is 0 Å². The summed E-state index contributed by atoms with van der Waals surface area (Å²) in [6.07, 6.45) is 2.41. The molecule has 2 aromatic carbocycles. The average molecular weight is 280 g/mol. The SMILES string of the molecule is CC[Si](C)(CC)C(=Cc1ccccc1)c1ccccc1. The summed E-state index contributed by atoms with van der Waals surface area (Å²) in [5, 5.41) is 1.58. The molecule has 0 amide bonds. The first kappa shape index (κ1) is 14.8. The van der Waals surface area contributed by atoms with E-state index in [0.29, 0.717) is 0 Å². The maximum atomic E-state index is 2.51. The van der Waals surface area contributed by atoms with Crippen LogP contribution in [0.25, 0.3) is 11.3 Å². The van der Waals surface area contributed by atoms with E-state index >= 15 is 0 Å². The predicted molar refractivity (Wildman–Crippen MR) is 93.3 cm³/mol. The second kappa shape index (κ2) is 6.71. The molecular formula is C19H24Si. The Morgan fingerprint density at radius 3 is 1.85 bits per heavy atom. The third-order valence-corrected chi connectivity index (χ3v) is 9.26. The van der Waals surface area contributed by atoms with Crippen molar-refractivity contribution in [2.45, 2.75) is 32.5 Å². The standard InChI is InChI=1S/C19H24Si/c1-4-20(3,5-2)19(18-14-10-7-11-15-18)16-17-12-8-6-9-13-17/h6-16H,4-5H2,1-3H3. The zero-order chi connectivity index (χ0) is 14.4. The maximum absolute atomic E-state index is 2.51. The van der Waals surface area contributed by atoms with E-state index in [9.17, 15) is 0 Å². The van der Waals surface area contributed by atoms with Gasteiger partial charge in [0, 0.05) is 0 Å². The number of hydrogen-bond acceptors (Lipinski definition) is 0. The van der Waals surface area contributed by atoms with Gasteiger partial charge in [0.15, 0.2) is 0 Å². The van der Waals surface area contributed by atoms with Crippen LogP contribution in [-0.2, 0) is 0 Å². The zero-order valence-electron chi connectivity index (χ0n) is 12.8. The number of benzene rings is 2. The Balaban J connectivity index is 2.53. The largest absolute Gasteiger partial charge is 0.0839 e. The molecule has 0 aliphatic rings. The Morgan fingerprint density at radius 2 is 1.35 bits per heavy atom. The molecule has 0 aliphatic heterocycles. The lowest BCUT2D eigenvalue weighted by Crippen LogP contribution is -2.30. The summed E-state index contributed by atoms with van der Waals surface area (Å²) in [6.45, 7) is 7.20. The van der Waals surface area contributed by atoms with Crippen LogP contribution in [0, 0.1) is 0 Å². The molecule has 0 spiro atoms. The highest BCUT2D eigenvalue weighted by molar-refractivity contribution is 6.96. The third-order valence-electron chi connectivity index (χ3n) is 4.41. The van der Waals surface area contributed by atoms with Crippen LogP contribution in [-0.4, -0.2) is 8.07 Å². The van der Waals surface area contributed by atoms with Crippen molar-refractivity contribution in [1.29, 1.82) is 0 Å². The van der Waals surface area contributed by atoms with Gasteiger partial charge >= 0.3 is 0 Å². The van der Waals surface area contributed by atoms with Crippen molar-refractivity contribution >= 4 is 19.3 Å². The molecule has 2 aromatic rings. The molecule has 0 saturated carbocycles. The smallest absolute Gasteiger partial charge is 0.0675 e. The first-order valence-corrected chi connectivity index (χ1v) is 10.4. The summed E-state index contributed by atoms with van der Waals surface area (Å²) in [5.74, 6) is 0. The Hall–Kier alpha value is -1.60. The fraction of sp³-hybridized carbons (Fsp3) is 0.263. The van der Waals surface area contributed by atoms with Crippen LogP contribution in [0.15, 0.2) is 60.7 Å². The minimum atomic E-state index is -1.39. The molecule has 0 nitrogen and oxygen atoms in total. The van der Waals surface area contributed by atoms with Crippen molar-refractivity contribution in [3.63, 3.8) is 0 Å². The van der Waals surface area contributed by atoms with E-state index in [1.54, 1.807) is 5.20 Å². The lowest BCUT2D eigenvalue weighted by molar-refractivity contribution is 1.27. The molecule has 0 bridgehead atoms. The van der Waals surface area contributed by atoms with Gasteiger partial charge in [-0.1, -0.05) is 104 Å². The first-order chi connectivity index (χ1) is 9.69. The van der Waals surface area contributed by atoms with Crippen LogP contribution in [0.1, 0.15) is 25.0 Å². The molecular weight excluding hydrogens is 256 g/mol. The van der Waals surface area contributed by atoms with Gasteiger partial charge in [-0.25, -0.2) is 0 Å². The van der Waals surface area contributed by atoms with E-state index in [1.165, 1.54) is 23.2 Å². The van der Waals surface area contributed by atoms with Gasteiger partial charge in [-0.15, -0.1) is 0 Å². The van der Waals surface area contributed by atoms with E-state index in [0.717, 1.165) is 0 Å². The molecule has 0 saturated heterocycles. The van der Waals surface area contributed by atoms with Crippen molar-refractivity contribution in [2.24, 2.45) is 0 Å². The minimum absolute atomic E-state index is 1.29. The van der Waals surface area contributed by atoms with Gasteiger partial charge in [0.05, 0.1) is 8.07 Å². The lowest BCUT2D eigenvalue weighted by Gasteiger charge is -2.28. The summed E-state index contributed by atoms with van der Waals surface area (Å²) >= 11 is 0. The van der Waals surface area contributed by atoms with E-state index in [2.05, 4.69) is 87.1 Å². The van der Waals surface area contributed by atoms with E-state index in [1.807, 2.05) is 0 Å². The highest BCUT2D eigenvalue weighted by Gasteiger charge is 2.28. The average Bonchev–Trinajstić information content (AvgIpc) is 2.54. The predicted octanol–water partition coefficient (Wildman–Crippen LogP) is 5.88. The molecule has 0 aliphatic carbocycles. The van der Waals surface area contributed by atoms with Gasteiger partial charge in [0.2, 0.25) is 0 Å². The summed E-state index contributed by atoms with van der Waals surface area (Å²) < 4.78 is 0. The molecule has 0 heterocycles. The maximum Gasteiger partial charge on any atom is 0.0839 e. The van der Waals surface area contributed by atoms with Crippen LogP contribution < -0.4 is 0 Å². The second-order valence-electron chi connectivity index (χ2n) is 5.60. The topological polar surface area (TPSA) is 0 Å². The second-order valence-corrected chi connectivity index (χ2v) is 10.7. The summed E-state index contributed by atoms with van der Waals surface area (Å²) in [5.41, 5.74) is 2.71. The quantitative estimate of drug-likeness (QED) is 0.473. The normalized spacial score (nSPS) is 12.4. The highest BCUT2D eigenvalue weighted by atomic mass is 28.3. The zero-order valence-corrected chi connectivity index (χ0v) is 13.8. The highest BCUT2D eigenvalue weighted by Crippen LogP contribution is 2.33. The van der Waals surface area contributed by atoms with Gasteiger partial charge in [-0.05, 0) is 11.1 Å². The van der Waals surface area contributed by atoms with E-state index in [-0.39, 0.29) is 0 Å². The number of hydrogen-bond donors (Lipinski definition) is 0. The van der Waals surface area contributed by atoms with Crippen molar-refractivity contribution in [2.75, 3.05) is 0 Å². The molecule has 0 atom stereocenters. The first-order valence-electron chi connectivity index (χ1n) is 7.52. The van der Waals surface area contributed by atoms with Crippen LogP contribution in [0.4, 0.5) is 0 Å². The molecule has 0 radical (unpaired) electrons. The fourth-order valence-electron chi connectivity index (χ4n) is 2.57. The van der Waals surface area contributed by atoms with Crippen molar-refractivity contribution in [1.82, 2.24) is 0 Å². The minimum Gasteiger partial charge on any atom is -0.0675 e. The molecule has 2 rings (SSSR count). The summed E-state index contributed by atoms with van der Waals surface area (Å²) in [4.78, 5) is 0. The van der Waals surface area contributed by atoms with Crippen LogP contribution in [0.2, 0.25) is 18.6 Å². The molecule has 0 unspecified atom stereocenters. The van der Waals surface area contributed by atoms with Gasteiger partial charge in [-0.2, -0.15) is 0 Å². The lowest BCUT2D eigenvalue weighted by atomic mass is 10.1. The van der Waals surface area contributed by atoms with Gasteiger partial charge in [-0.3, -0.25) is 0 Å². The Morgan fingerprint density at radius 1 is 0.850 bits per heavy atom. The van der Waals surface area contributed by atoms with Crippen molar-refractivity contribution in [3.8, 4) is 0 Å². The van der Waals surface area contributed by atoms with Gasteiger partial charge < -0.3 is 0 Å². The molecule has 104 valence electrons. The van der Waals surface area contributed by atoms with E-state index < -0.39 is 8.07 Å². The van der Waals surface area contributed by atoms with Gasteiger partial charge in [0.1, 0.15) is 0 Å². The Kier molecular flexibility index (Phi) is 4.97. The third kappa shape index (κ3) is 3.29. The monoisotopic (exact) mass is 280 g/mol. The number of rotatable bonds is 5. The summed E-state index contributed by atoms with van der Waals surface area (Å²) in [6, 6.07) is 24.2. The van der Waals surface area contributed by atoms with Gasteiger partial charge in [0.25, 0.3) is 0 Å². The Labute approximate surface area is 124 Å². The van der Waals surface area contributed by atoms with E-state index in [4.69, 9.17) is 0 Å². The fourth-order valence-corrected chi connectivity index (χ4v) is 5.21. The molecule has 0 N–H and O–H groups in total. The van der Waals surface area contributed by atoms with Crippen LogP contribution >= 0.6 is 0 Å². The van der Waals surface area contributed by atoms with Crippen molar-refractivity contribution in [3.05, 3.63) is 71.8 Å². The van der Waals surface area contributed by atoms with Crippen LogP contribution in [0.5, 0.6) is 0 Å². The van der Waals surface area contributed by atoms with Crippen LogP contribution in [0.3, 0.4) is 0 Å². The molecule has 0 fully saturated rings. The molecule has 1 heteroatoms. The molecule has 0 aromatic heterocycles. The summed E-state index contributed by atoms with van der Waals surface area (Å²) in [7, 11) is -1.39.